The van der Waals surface area contributed by atoms with Crippen molar-refractivity contribution in [3.8, 4) is 0 Å². The van der Waals surface area contributed by atoms with E-state index >= 15 is 0 Å². The summed E-state index contributed by atoms with van der Waals surface area (Å²) in [6, 6.07) is 0.300. The van der Waals surface area contributed by atoms with Crippen molar-refractivity contribution < 1.29 is 9.59 Å². The van der Waals surface area contributed by atoms with E-state index in [4.69, 9.17) is 0 Å². The van der Waals surface area contributed by atoms with E-state index in [1.165, 1.54) is 0 Å². The summed E-state index contributed by atoms with van der Waals surface area (Å²) in [5, 5.41) is 0. The van der Waals surface area contributed by atoms with Crippen molar-refractivity contribution in [2.24, 2.45) is 0 Å². The molecule has 2 aliphatic rings. The van der Waals surface area contributed by atoms with Gasteiger partial charge in [-0.25, -0.2) is 4.98 Å². The summed E-state index contributed by atoms with van der Waals surface area (Å²) in [6.07, 6.45) is 5.85. The average Bonchev–Trinajstić information content (AvgIpc) is 3.08. The molecule has 6 nitrogen and oxygen atoms in total. The molecule has 21 heavy (non-hydrogen) atoms. The highest BCUT2D eigenvalue weighted by atomic mass is 32.2. The van der Waals surface area contributed by atoms with Crippen LogP contribution in [-0.2, 0) is 9.59 Å². The Kier molecular flexibility index (Phi) is 4.19. The van der Waals surface area contributed by atoms with Crippen molar-refractivity contribution in [2.75, 3.05) is 31.3 Å². The molecule has 0 spiro atoms. The first-order valence-electron chi connectivity index (χ1n) is 7.28. The van der Waals surface area contributed by atoms with Crippen molar-refractivity contribution in [1.82, 2.24) is 19.4 Å². The van der Waals surface area contributed by atoms with Gasteiger partial charge < -0.3 is 14.4 Å². The standard InChI is InChI=1S/C14H20N4O2S/c1-11-15-4-6-18(11)12-3-2-5-16(7-12)13(19)8-17-10-21-9-14(17)20/h4,6,12H,2-3,5,7-10H2,1H3/t12-/m1/s1. The first-order valence-corrected chi connectivity index (χ1v) is 8.43. The molecule has 0 aromatic carbocycles. The third kappa shape index (κ3) is 3.07. The molecular weight excluding hydrogens is 288 g/mol. The van der Waals surface area contributed by atoms with Crippen LogP contribution in [0.15, 0.2) is 12.4 Å². The Labute approximate surface area is 128 Å². The van der Waals surface area contributed by atoms with Crippen LogP contribution < -0.4 is 0 Å². The minimum atomic E-state index is 0.0633. The van der Waals surface area contributed by atoms with Crippen molar-refractivity contribution in [3.63, 3.8) is 0 Å². The minimum Gasteiger partial charge on any atom is -0.339 e. The van der Waals surface area contributed by atoms with E-state index in [0.29, 0.717) is 24.2 Å². The molecule has 0 aliphatic carbocycles. The number of carbonyl (C=O) groups is 2. The lowest BCUT2D eigenvalue weighted by molar-refractivity contribution is -0.139. The first-order chi connectivity index (χ1) is 10.1. The maximum Gasteiger partial charge on any atom is 0.242 e. The molecule has 2 aliphatic heterocycles. The van der Waals surface area contributed by atoms with Gasteiger partial charge in [0.1, 0.15) is 12.4 Å². The molecule has 0 radical (unpaired) electrons. The molecule has 7 heteroatoms. The van der Waals surface area contributed by atoms with E-state index in [1.54, 1.807) is 22.9 Å². The number of hydrogen-bond donors (Lipinski definition) is 0. The van der Waals surface area contributed by atoms with Gasteiger partial charge in [-0.2, -0.15) is 0 Å². The van der Waals surface area contributed by atoms with E-state index in [-0.39, 0.29) is 18.4 Å². The molecule has 1 aromatic rings. The van der Waals surface area contributed by atoms with Crippen molar-refractivity contribution >= 4 is 23.6 Å². The normalized spacial score (nSPS) is 22.9. The molecule has 1 atom stereocenters. The van der Waals surface area contributed by atoms with E-state index in [0.717, 1.165) is 25.2 Å². The monoisotopic (exact) mass is 308 g/mol. The molecule has 0 N–H and O–H groups in total. The van der Waals surface area contributed by atoms with Crippen LogP contribution in [0.2, 0.25) is 0 Å². The highest BCUT2D eigenvalue weighted by Crippen LogP contribution is 2.23. The lowest BCUT2D eigenvalue weighted by Gasteiger charge is -2.34. The zero-order valence-electron chi connectivity index (χ0n) is 12.2. The Bertz CT molecular complexity index is 545. The molecule has 114 valence electrons. The topological polar surface area (TPSA) is 58.4 Å². The van der Waals surface area contributed by atoms with Crippen LogP contribution in [-0.4, -0.2) is 62.4 Å². The lowest BCUT2D eigenvalue weighted by Crippen LogP contribution is -2.46. The summed E-state index contributed by atoms with van der Waals surface area (Å²) in [4.78, 5) is 31.8. The molecule has 3 heterocycles. The number of amides is 2. The number of aryl methyl sites for hydroxylation is 1. The summed E-state index contributed by atoms with van der Waals surface area (Å²) in [5.74, 6) is 2.27. The number of imidazole rings is 1. The molecule has 0 saturated carbocycles. The van der Waals surface area contributed by atoms with Gasteiger partial charge in [-0.1, -0.05) is 0 Å². The smallest absolute Gasteiger partial charge is 0.242 e. The van der Waals surface area contributed by atoms with E-state index in [2.05, 4.69) is 9.55 Å². The SMILES string of the molecule is Cc1nccn1[C@@H]1CCCN(C(=O)CN2CSCC2=O)C1. The largest absolute Gasteiger partial charge is 0.339 e. The molecule has 2 saturated heterocycles. The van der Waals surface area contributed by atoms with Crippen LogP contribution >= 0.6 is 11.8 Å². The average molecular weight is 308 g/mol. The number of carbonyl (C=O) groups excluding carboxylic acids is 2. The summed E-state index contributed by atoms with van der Waals surface area (Å²) in [7, 11) is 0. The van der Waals surface area contributed by atoms with Gasteiger partial charge in [-0.15, -0.1) is 11.8 Å². The zero-order valence-corrected chi connectivity index (χ0v) is 13.0. The number of likely N-dealkylation sites (tertiary alicyclic amines) is 1. The maximum atomic E-state index is 12.4. The second-order valence-electron chi connectivity index (χ2n) is 5.59. The molecule has 0 unspecified atom stereocenters. The van der Waals surface area contributed by atoms with Crippen LogP contribution in [0, 0.1) is 6.92 Å². The van der Waals surface area contributed by atoms with Crippen molar-refractivity contribution in [1.29, 1.82) is 0 Å². The van der Waals surface area contributed by atoms with Crippen LogP contribution in [0.3, 0.4) is 0 Å². The van der Waals surface area contributed by atoms with Crippen LogP contribution in [0.25, 0.3) is 0 Å². The highest BCUT2D eigenvalue weighted by Gasteiger charge is 2.29. The molecule has 2 amide bonds. The molecular formula is C14H20N4O2S. The van der Waals surface area contributed by atoms with Gasteiger partial charge in [0.2, 0.25) is 11.8 Å². The van der Waals surface area contributed by atoms with Gasteiger partial charge in [-0.05, 0) is 19.8 Å². The number of nitrogens with zero attached hydrogens (tertiary/aromatic N) is 4. The van der Waals surface area contributed by atoms with Gasteiger partial charge in [0.15, 0.2) is 0 Å². The summed E-state index contributed by atoms with van der Waals surface area (Å²) in [6.45, 7) is 3.71. The van der Waals surface area contributed by atoms with E-state index in [1.807, 2.05) is 18.0 Å². The van der Waals surface area contributed by atoms with Gasteiger partial charge in [0.25, 0.3) is 0 Å². The highest BCUT2D eigenvalue weighted by molar-refractivity contribution is 8.00. The fourth-order valence-corrected chi connectivity index (χ4v) is 3.89. The Balaban J connectivity index is 1.61. The molecule has 2 fully saturated rings. The third-order valence-corrected chi connectivity index (χ3v) is 5.10. The second-order valence-corrected chi connectivity index (χ2v) is 6.54. The van der Waals surface area contributed by atoms with Crippen LogP contribution in [0.5, 0.6) is 0 Å². The predicted molar refractivity (Wildman–Crippen MR) is 80.9 cm³/mol. The Hall–Kier alpha value is -1.50. The van der Waals surface area contributed by atoms with Crippen LogP contribution in [0.1, 0.15) is 24.7 Å². The van der Waals surface area contributed by atoms with Gasteiger partial charge in [-0.3, -0.25) is 9.59 Å². The summed E-state index contributed by atoms with van der Waals surface area (Å²) in [5.41, 5.74) is 0. The van der Waals surface area contributed by atoms with Crippen LogP contribution in [0.4, 0.5) is 0 Å². The zero-order chi connectivity index (χ0) is 14.8. The van der Waals surface area contributed by atoms with E-state index < -0.39 is 0 Å². The Morgan fingerprint density at radius 1 is 1.52 bits per heavy atom. The van der Waals surface area contributed by atoms with Gasteiger partial charge >= 0.3 is 0 Å². The van der Waals surface area contributed by atoms with Crippen molar-refractivity contribution in [2.45, 2.75) is 25.8 Å². The quantitative estimate of drug-likeness (QED) is 0.832. The van der Waals surface area contributed by atoms with E-state index in [9.17, 15) is 9.59 Å². The second kappa shape index (κ2) is 6.09. The summed E-state index contributed by atoms with van der Waals surface area (Å²) >= 11 is 1.57. The third-order valence-electron chi connectivity index (χ3n) is 4.16. The number of aromatic nitrogens is 2. The lowest BCUT2D eigenvalue weighted by atomic mass is 10.1. The number of thioether (sulfide) groups is 1. The Morgan fingerprint density at radius 2 is 2.38 bits per heavy atom. The fraction of sp³-hybridized carbons (Fsp3) is 0.643. The molecule has 3 rings (SSSR count). The van der Waals surface area contributed by atoms with Gasteiger partial charge in [0, 0.05) is 25.5 Å². The fourth-order valence-electron chi connectivity index (χ4n) is 2.99. The number of hydrogen-bond acceptors (Lipinski definition) is 4. The summed E-state index contributed by atoms with van der Waals surface area (Å²) < 4.78 is 2.15. The predicted octanol–water partition coefficient (Wildman–Crippen LogP) is 0.888. The maximum absolute atomic E-state index is 12.4. The first kappa shape index (κ1) is 14.4. The number of piperidine rings is 1. The molecule has 0 bridgehead atoms. The van der Waals surface area contributed by atoms with Gasteiger partial charge in [0.05, 0.1) is 17.7 Å². The Morgan fingerprint density at radius 3 is 3.05 bits per heavy atom. The minimum absolute atomic E-state index is 0.0633. The van der Waals surface area contributed by atoms with Crippen molar-refractivity contribution in [3.05, 3.63) is 18.2 Å². The molecule has 1 aromatic heterocycles. The number of rotatable bonds is 3.